The Morgan fingerprint density at radius 1 is 1.13 bits per heavy atom. The monoisotopic (exact) mass is 213 g/mol. The van der Waals surface area contributed by atoms with Crippen molar-refractivity contribution in [3.63, 3.8) is 0 Å². The third-order valence-electron chi connectivity index (χ3n) is 3.47. The first-order valence-corrected chi connectivity index (χ1v) is 6.14. The second-order valence-corrected chi connectivity index (χ2v) is 5.62. The molecule has 0 radical (unpaired) electrons. The van der Waals surface area contributed by atoms with Crippen LogP contribution in [0.4, 0.5) is 0 Å². The maximum Gasteiger partial charge on any atom is 0.0126 e. The maximum atomic E-state index is 5.60. The van der Waals surface area contributed by atoms with Crippen LogP contribution in [0.2, 0.25) is 0 Å². The van der Waals surface area contributed by atoms with Crippen LogP contribution in [0.25, 0.3) is 0 Å². The van der Waals surface area contributed by atoms with Crippen molar-refractivity contribution in [2.24, 2.45) is 5.73 Å². The molecule has 0 aliphatic carbocycles. The summed E-state index contributed by atoms with van der Waals surface area (Å²) in [7, 11) is 0. The van der Waals surface area contributed by atoms with E-state index in [2.05, 4.69) is 37.5 Å². The molecule has 0 aromatic rings. The average molecular weight is 213 g/mol. The predicted octanol–water partition coefficient (Wildman–Crippen LogP) is 1.14. The van der Waals surface area contributed by atoms with Crippen LogP contribution in [-0.2, 0) is 0 Å². The lowest BCUT2D eigenvalue weighted by Gasteiger charge is -2.44. The number of nitrogens with zero attached hydrogens (tertiary/aromatic N) is 2. The lowest BCUT2D eigenvalue weighted by atomic mass is 10.0. The van der Waals surface area contributed by atoms with Gasteiger partial charge in [-0.3, -0.25) is 9.80 Å². The van der Waals surface area contributed by atoms with Crippen molar-refractivity contribution >= 4 is 0 Å². The standard InChI is InChI=1S/C12H27N3/c1-11(5-6-13)14-7-9-15(10-8-14)12(2,3)4/h11H,5-10,13H2,1-4H3. The SMILES string of the molecule is CC(CCN)N1CCN(C(C)(C)C)CC1. The Kier molecular flexibility index (Phi) is 4.56. The number of hydrogen-bond donors (Lipinski definition) is 1. The second kappa shape index (κ2) is 5.28. The highest BCUT2D eigenvalue weighted by atomic mass is 15.3. The molecule has 15 heavy (non-hydrogen) atoms. The number of hydrogen-bond acceptors (Lipinski definition) is 3. The molecule has 0 saturated carbocycles. The summed E-state index contributed by atoms with van der Waals surface area (Å²) >= 11 is 0. The van der Waals surface area contributed by atoms with Gasteiger partial charge in [-0.05, 0) is 40.7 Å². The Balaban J connectivity index is 2.36. The number of nitrogens with two attached hydrogens (primary N) is 1. The molecular formula is C12H27N3. The van der Waals surface area contributed by atoms with E-state index in [4.69, 9.17) is 5.73 Å². The molecule has 0 amide bonds. The highest BCUT2D eigenvalue weighted by Crippen LogP contribution is 2.17. The largest absolute Gasteiger partial charge is 0.330 e. The number of rotatable bonds is 3. The van der Waals surface area contributed by atoms with Gasteiger partial charge in [-0.15, -0.1) is 0 Å². The zero-order valence-corrected chi connectivity index (χ0v) is 10.8. The molecule has 1 saturated heterocycles. The van der Waals surface area contributed by atoms with Crippen LogP contribution in [-0.4, -0.2) is 54.1 Å². The second-order valence-electron chi connectivity index (χ2n) is 5.62. The summed E-state index contributed by atoms with van der Waals surface area (Å²) in [6, 6.07) is 0.650. The fraction of sp³-hybridized carbons (Fsp3) is 1.00. The van der Waals surface area contributed by atoms with Crippen molar-refractivity contribution in [1.29, 1.82) is 0 Å². The van der Waals surface area contributed by atoms with E-state index in [0.717, 1.165) is 13.0 Å². The van der Waals surface area contributed by atoms with Crippen LogP contribution < -0.4 is 5.73 Å². The minimum absolute atomic E-state index is 0.323. The van der Waals surface area contributed by atoms with Gasteiger partial charge in [-0.25, -0.2) is 0 Å². The van der Waals surface area contributed by atoms with E-state index in [1.54, 1.807) is 0 Å². The first-order valence-electron chi connectivity index (χ1n) is 6.14. The summed E-state index contributed by atoms with van der Waals surface area (Å²) in [6.45, 7) is 14.8. The van der Waals surface area contributed by atoms with Gasteiger partial charge < -0.3 is 5.73 Å². The first-order chi connectivity index (χ1) is 6.95. The Labute approximate surface area is 94.6 Å². The number of piperazine rings is 1. The van der Waals surface area contributed by atoms with Gasteiger partial charge in [0.1, 0.15) is 0 Å². The van der Waals surface area contributed by atoms with Crippen molar-refractivity contribution in [2.45, 2.75) is 45.7 Å². The molecule has 1 unspecified atom stereocenters. The molecular weight excluding hydrogens is 186 g/mol. The Morgan fingerprint density at radius 2 is 1.67 bits per heavy atom. The quantitative estimate of drug-likeness (QED) is 0.763. The maximum absolute atomic E-state index is 5.60. The van der Waals surface area contributed by atoms with Crippen LogP contribution in [0, 0.1) is 0 Å². The van der Waals surface area contributed by atoms with Crippen molar-refractivity contribution in [3.05, 3.63) is 0 Å². The fourth-order valence-corrected chi connectivity index (χ4v) is 2.26. The summed E-state index contributed by atoms with van der Waals surface area (Å²) < 4.78 is 0. The summed E-state index contributed by atoms with van der Waals surface area (Å²) in [4.78, 5) is 5.13. The third kappa shape index (κ3) is 3.74. The summed E-state index contributed by atoms with van der Waals surface area (Å²) in [5.41, 5.74) is 5.92. The third-order valence-corrected chi connectivity index (χ3v) is 3.47. The zero-order valence-electron chi connectivity index (χ0n) is 10.8. The molecule has 2 N–H and O–H groups in total. The molecule has 1 aliphatic heterocycles. The normalized spacial score (nSPS) is 23.0. The first kappa shape index (κ1) is 12.9. The van der Waals surface area contributed by atoms with Gasteiger partial charge in [-0.2, -0.15) is 0 Å². The molecule has 1 aliphatic rings. The predicted molar refractivity (Wildman–Crippen MR) is 66.0 cm³/mol. The Bertz CT molecular complexity index is 178. The molecule has 1 atom stereocenters. The van der Waals surface area contributed by atoms with Crippen LogP contribution in [0.1, 0.15) is 34.1 Å². The van der Waals surface area contributed by atoms with Crippen LogP contribution in [0.3, 0.4) is 0 Å². The lowest BCUT2D eigenvalue weighted by molar-refractivity contribution is 0.0444. The van der Waals surface area contributed by atoms with Crippen LogP contribution >= 0.6 is 0 Å². The molecule has 0 aromatic heterocycles. The lowest BCUT2D eigenvalue weighted by Crippen LogP contribution is -2.55. The van der Waals surface area contributed by atoms with Gasteiger partial charge in [0, 0.05) is 37.8 Å². The molecule has 0 bridgehead atoms. The van der Waals surface area contributed by atoms with E-state index >= 15 is 0 Å². The molecule has 90 valence electrons. The minimum atomic E-state index is 0.323. The van der Waals surface area contributed by atoms with Crippen LogP contribution in [0.15, 0.2) is 0 Å². The van der Waals surface area contributed by atoms with Crippen LogP contribution in [0.5, 0.6) is 0 Å². The van der Waals surface area contributed by atoms with Gasteiger partial charge in [0.2, 0.25) is 0 Å². The topological polar surface area (TPSA) is 32.5 Å². The van der Waals surface area contributed by atoms with E-state index in [0.29, 0.717) is 11.6 Å². The van der Waals surface area contributed by atoms with Crippen molar-refractivity contribution in [1.82, 2.24) is 9.80 Å². The van der Waals surface area contributed by atoms with E-state index in [9.17, 15) is 0 Å². The van der Waals surface area contributed by atoms with Gasteiger partial charge in [0.15, 0.2) is 0 Å². The smallest absolute Gasteiger partial charge is 0.0126 e. The molecule has 3 nitrogen and oxygen atoms in total. The highest BCUT2D eigenvalue weighted by molar-refractivity contribution is 4.83. The van der Waals surface area contributed by atoms with E-state index in [1.807, 2.05) is 0 Å². The molecule has 1 heterocycles. The Morgan fingerprint density at radius 3 is 2.07 bits per heavy atom. The van der Waals surface area contributed by atoms with Gasteiger partial charge in [0.05, 0.1) is 0 Å². The van der Waals surface area contributed by atoms with E-state index < -0.39 is 0 Å². The van der Waals surface area contributed by atoms with Crippen molar-refractivity contribution < 1.29 is 0 Å². The molecule has 0 spiro atoms. The Hall–Kier alpha value is -0.120. The van der Waals surface area contributed by atoms with Crippen molar-refractivity contribution in [3.8, 4) is 0 Å². The fourth-order valence-electron chi connectivity index (χ4n) is 2.26. The van der Waals surface area contributed by atoms with E-state index in [1.165, 1.54) is 26.2 Å². The summed E-state index contributed by atoms with van der Waals surface area (Å²) in [5, 5.41) is 0. The van der Waals surface area contributed by atoms with Gasteiger partial charge in [0.25, 0.3) is 0 Å². The highest BCUT2D eigenvalue weighted by Gasteiger charge is 2.27. The summed E-state index contributed by atoms with van der Waals surface area (Å²) in [6.07, 6.45) is 1.12. The van der Waals surface area contributed by atoms with Gasteiger partial charge in [-0.1, -0.05) is 0 Å². The zero-order chi connectivity index (χ0) is 11.5. The molecule has 0 aromatic carbocycles. The average Bonchev–Trinajstić information content (AvgIpc) is 2.17. The summed E-state index contributed by atoms with van der Waals surface area (Å²) in [5.74, 6) is 0. The van der Waals surface area contributed by atoms with Gasteiger partial charge >= 0.3 is 0 Å². The van der Waals surface area contributed by atoms with E-state index in [-0.39, 0.29) is 0 Å². The molecule has 3 heteroatoms. The van der Waals surface area contributed by atoms with Crippen molar-refractivity contribution in [2.75, 3.05) is 32.7 Å². The molecule has 1 rings (SSSR count). The minimum Gasteiger partial charge on any atom is -0.330 e. The molecule has 1 fully saturated rings.